The summed E-state index contributed by atoms with van der Waals surface area (Å²) in [4.78, 5) is 0. The van der Waals surface area contributed by atoms with E-state index in [-0.39, 0.29) is 0 Å². The van der Waals surface area contributed by atoms with Gasteiger partial charge in [0.05, 0.1) is 11.4 Å². The Labute approximate surface area is 165 Å². The molecule has 3 fully saturated rings. The van der Waals surface area contributed by atoms with Crippen LogP contribution in [0.1, 0.15) is 78.1 Å². The van der Waals surface area contributed by atoms with Crippen molar-refractivity contribution in [3.8, 4) is 0 Å². The zero-order chi connectivity index (χ0) is 18.9. The smallest absolute Gasteiger partial charge is 0.129 e. The molecule has 27 heavy (non-hydrogen) atoms. The van der Waals surface area contributed by atoms with Crippen LogP contribution in [0.5, 0.6) is 0 Å². The Morgan fingerprint density at radius 2 is 1.00 bits per heavy atom. The van der Waals surface area contributed by atoms with Gasteiger partial charge in [-0.1, -0.05) is 6.92 Å². The van der Waals surface area contributed by atoms with Gasteiger partial charge < -0.3 is 0 Å². The first kappa shape index (κ1) is 20.2. The predicted molar refractivity (Wildman–Crippen MR) is 115 cm³/mol. The van der Waals surface area contributed by atoms with Crippen LogP contribution in [0.3, 0.4) is 0 Å². The minimum absolute atomic E-state index is 0.899. The van der Waals surface area contributed by atoms with Crippen molar-refractivity contribution < 1.29 is 0 Å². The van der Waals surface area contributed by atoms with E-state index in [0.717, 1.165) is 62.8 Å². The largest absolute Gasteiger partial charge is 0.297 e. The van der Waals surface area contributed by atoms with Crippen molar-refractivity contribution in [2.75, 3.05) is 39.3 Å². The highest BCUT2D eigenvalue weighted by atomic mass is 15.5. The molecule has 152 valence electrons. The Bertz CT molecular complexity index is 535. The highest BCUT2D eigenvalue weighted by Gasteiger charge is 2.19. The summed E-state index contributed by atoms with van der Waals surface area (Å²) in [6, 6.07) is 0. The molecular formula is C21H38N6. The maximum Gasteiger partial charge on any atom is 0.129 e. The maximum absolute atomic E-state index is 5.07. The number of rotatable bonds is 6. The molecule has 0 radical (unpaired) electrons. The van der Waals surface area contributed by atoms with Gasteiger partial charge >= 0.3 is 0 Å². The molecule has 3 saturated heterocycles. The Balaban J connectivity index is 1.83. The molecular weight excluding hydrogens is 336 g/mol. The van der Waals surface area contributed by atoms with Crippen molar-refractivity contribution in [2.45, 2.75) is 78.1 Å². The molecule has 0 aliphatic carbocycles. The molecule has 3 aliphatic heterocycles. The fourth-order valence-electron chi connectivity index (χ4n) is 4.13. The molecule has 3 heterocycles. The molecule has 6 heteroatoms. The summed E-state index contributed by atoms with van der Waals surface area (Å²) < 4.78 is 0. The third-order valence-corrected chi connectivity index (χ3v) is 5.74. The van der Waals surface area contributed by atoms with Gasteiger partial charge in [-0.2, -0.15) is 15.3 Å². The van der Waals surface area contributed by atoms with Gasteiger partial charge in [-0.05, 0) is 71.1 Å². The molecule has 0 aromatic rings. The monoisotopic (exact) mass is 374 g/mol. The van der Waals surface area contributed by atoms with Crippen molar-refractivity contribution in [1.82, 2.24) is 15.0 Å². The summed E-state index contributed by atoms with van der Waals surface area (Å²) in [5.41, 5.74) is 3.14. The molecule has 0 saturated carbocycles. The second-order valence-corrected chi connectivity index (χ2v) is 8.08. The molecule has 0 aromatic carbocycles. The second kappa shape index (κ2) is 10.7. The van der Waals surface area contributed by atoms with Crippen LogP contribution in [0.4, 0.5) is 0 Å². The highest BCUT2D eigenvalue weighted by molar-refractivity contribution is 6.68. The Kier molecular flexibility index (Phi) is 7.96. The van der Waals surface area contributed by atoms with E-state index in [4.69, 9.17) is 15.3 Å². The van der Waals surface area contributed by atoms with Crippen molar-refractivity contribution >= 4 is 17.1 Å². The first-order valence-corrected chi connectivity index (χ1v) is 11.2. The SMILES string of the molecule is CCC(=NN1CCCCC1)C(=NN1CCCCC1)C(C)=NN1CCCCC1. The van der Waals surface area contributed by atoms with Gasteiger partial charge in [-0.3, -0.25) is 15.0 Å². The van der Waals surface area contributed by atoms with Gasteiger partial charge in [0.25, 0.3) is 0 Å². The summed E-state index contributed by atoms with van der Waals surface area (Å²) in [5, 5.41) is 21.8. The summed E-state index contributed by atoms with van der Waals surface area (Å²) in [7, 11) is 0. The summed E-state index contributed by atoms with van der Waals surface area (Å²) >= 11 is 0. The van der Waals surface area contributed by atoms with Crippen LogP contribution in [-0.4, -0.2) is 71.4 Å². The van der Waals surface area contributed by atoms with Gasteiger partial charge in [-0.15, -0.1) is 0 Å². The zero-order valence-corrected chi connectivity index (χ0v) is 17.5. The Hall–Kier alpha value is -1.59. The lowest BCUT2D eigenvalue weighted by atomic mass is 10.1. The van der Waals surface area contributed by atoms with E-state index in [1.807, 2.05) is 0 Å². The fraction of sp³-hybridized carbons (Fsp3) is 0.857. The van der Waals surface area contributed by atoms with Crippen molar-refractivity contribution in [2.24, 2.45) is 15.3 Å². The maximum atomic E-state index is 5.07. The third kappa shape index (κ3) is 6.22. The molecule has 0 atom stereocenters. The molecule has 3 aliphatic rings. The Morgan fingerprint density at radius 3 is 1.44 bits per heavy atom. The van der Waals surface area contributed by atoms with Crippen LogP contribution in [-0.2, 0) is 0 Å². The molecule has 3 rings (SSSR count). The minimum atomic E-state index is 0.899. The zero-order valence-electron chi connectivity index (χ0n) is 17.5. The minimum Gasteiger partial charge on any atom is -0.297 e. The topological polar surface area (TPSA) is 46.8 Å². The third-order valence-electron chi connectivity index (χ3n) is 5.74. The van der Waals surface area contributed by atoms with E-state index in [9.17, 15) is 0 Å². The van der Waals surface area contributed by atoms with Gasteiger partial charge in [0.2, 0.25) is 0 Å². The van der Waals surface area contributed by atoms with Crippen LogP contribution in [0.15, 0.2) is 15.3 Å². The van der Waals surface area contributed by atoms with Crippen LogP contribution in [0, 0.1) is 0 Å². The van der Waals surface area contributed by atoms with E-state index < -0.39 is 0 Å². The van der Waals surface area contributed by atoms with E-state index >= 15 is 0 Å². The quantitative estimate of drug-likeness (QED) is 0.662. The molecule has 0 unspecified atom stereocenters. The average Bonchev–Trinajstić information content (AvgIpc) is 2.73. The molecule has 0 spiro atoms. The summed E-state index contributed by atoms with van der Waals surface area (Å²) in [6.45, 7) is 10.7. The molecule has 0 aromatic heterocycles. The molecule has 0 bridgehead atoms. The van der Waals surface area contributed by atoms with Crippen molar-refractivity contribution in [3.63, 3.8) is 0 Å². The van der Waals surface area contributed by atoms with Gasteiger partial charge in [-0.25, -0.2) is 0 Å². The lowest BCUT2D eigenvalue weighted by molar-refractivity contribution is 0.235. The van der Waals surface area contributed by atoms with Crippen molar-refractivity contribution in [3.05, 3.63) is 0 Å². The summed E-state index contributed by atoms with van der Waals surface area (Å²) in [5.74, 6) is 0. The Morgan fingerprint density at radius 1 is 0.593 bits per heavy atom. The van der Waals surface area contributed by atoms with Gasteiger partial charge in [0, 0.05) is 39.3 Å². The number of hydrogen-bond acceptors (Lipinski definition) is 6. The van der Waals surface area contributed by atoms with Gasteiger partial charge in [0.1, 0.15) is 5.71 Å². The molecule has 6 nitrogen and oxygen atoms in total. The number of hydrogen-bond donors (Lipinski definition) is 0. The highest BCUT2D eigenvalue weighted by Crippen LogP contribution is 2.14. The lowest BCUT2D eigenvalue weighted by Gasteiger charge is -2.28. The molecule has 0 amide bonds. The van der Waals surface area contributed by atoms with E-state index in [2.05, 4.69) is 28.9 Å². The normalized spacial score (nSPS) is 23.8. The number of nitrogens with zero attached hydrogens (tertiary/aromatic N) is 6. The second-order valence-electron chi connectivity index (χ2n) is 8.08. The number of hydrazone groups is 3. The van der Waals surface area contributed by atoms with Crippen LogP contribution in [0.2, 0.25) is 0 Å². The first-order chi connectivity index (χ1) is 13.3. The van der Waals surface area contributed by atoms with E-state index in [1.54, 1.807) is 0 Å². The van der Waals surface area contributed by atoms with Crippen LogP contribution in [0.25, 0.3) is 0 Å². The summed E-state index contributed by atoms with van der Waals surface area (Å²) in [6.07, 6.45) is 12.4. The first-order valence-electron chi connectivity index (χ1n) is 11.2. The van der Waals surface area contributed by atoms with Crippen molar-refractivity contribution in [1.29, 1.82) is 0 Å². The van der Waals surface area contributed by atoms with E-state index in [0.29, 0.717) is 0 Å². The average molecular weight is 375 g/mol. The standard InChI is InChI=1S/C21H38N6/c1-3-20(23-26-15-9-5-10-16-26)21(24-27-17-11-6-12-18-27)19(2)22-25-13-7-4-8-14-25/h3-18H2,1-2H3. The molecule has 0 N–H and O–H groups in total. The number of piperidine rings is 3. The van der Waals surface area contributed by atoms with Gasteiger partial charge in [0.15, 0.2) is 0 Å². The van der Waals surface area contributed by atoms with E-state index in [1.165, 1.54) is 57.8 Å². The van der Waals surface area contributed by atoms with Crippen LogP contribution >= 0.6 is 0 Å². The van der Waals surface area contributed by atoms with Crippen LogP contribution < -0.4 is 0 Å². The lowest BCUT2D eigenvalue weighted by Crippen LogP contribution is -2.35. The predicted octanol–water partition coefficient (Wildman–Crippen LogP) is 3.94. The fourth-order valence-corrected chi connectivity index (χ4v) is 4.13.